The fourth-order valence-electron chi connectivity index (χ4n) is 0. The van der Waals surface area contributed by atoms with Crippen molar-refractivity contribution in [3.05, 3.63) is 0 Å². The van der Waals surface area contributed by atoms with E-state index in [1.165, 1.54) is 6.16 Å². The highest BCUT2D eigenvalue weighted by molar-refractivity contribution is 7.16. The third-order valence-corrected chi connectivity index (χ3v) is 0. The highest BCUT2D eigenvalue weighted by Crippen LogP contribution is 1.68. The zero-order valence-corrected chi connectivity index (χ0v) is 6.17. The maximum Gasteiger partial charge on any atom is -0.0410 e. The molecule has 2 atom stereocenters. The minimum atomic E-state index is 1.17. The van der Waals surface area contributed by atoms with E-state index in [4.69, 9.17) is 0 Å². The van der Waals surface area contributed by atoms with Crippen molar-refractivity contribution in [2.24, 2.45) is 0 Å². The van der Waals surface area contributed by atoms with Gasteiger partial charge in [0.2, 0.25) is 0 Å². The highest BCUT2D eigenvalue weighted by Gasteiger charge is 1.35. The first-order valence-electron chi connectivity index (χ1n) is 1.69. The zero-order valence-electron chi connectivity index (χ0n) is 3.86. The van der Waals surface area contributed by atoms with E-state index in [2.05, 4.69) is 25.4 Å². The molecule has 5 heavy (non-hydrogen) atoms. The summed E-state index contributed by atoms with van der Waals surface area (Å²) in [6, 6.07) is 0. The molecule has 0 aliphatic rings. The first-order valence-corrected chi connectivity index (χ1v) is 3.66. The Bertz CT molecular complexity index is 4.85. The number of rotatable bonds is 0. The van der Waals surface area contributed by atoms with Crippen LogP contribution in [0.4, 0.5) is 0 Å². The molecule has 0 N–H and O–H groups in total. The van der Waals surface area contributed by atoms with Gasteiger partial charge in [-0.05, 0) is 6.16 Å². The summed E-state index contributed by atoms with van der Waals surface area (Å²) in [4.78, 5) is 0. The van der Waals surface area contributed by atoms with Crippen molar-refractivity contribution in [1.82, 2.24) is 0 Å². The molecule has 0 aromatic heterocycles. The van der Waals surface area contributed by atoms with Gasteiger partial charge in [-0.1, -0.05) is 13.6 Å². The summed E-state index contributed by atoms with van der Waals surface area (Å²) >= 11 is 0. The van der Waals surface area contributed by atoms with Crippen molar-refractivity contribution < 1.29 is 0 Å². The van der Waals surface area contributed by atoms with E-state index in [0.717, 1.165) is 0 Å². The summed E-state index contributed by atoms with van der Waals surface area (Å²) in [7, 11) is 5.00. The largest absolute Gasteiger partial charge is 0.141 e. The molecule has 0 radical (unpaired) electrons. The second-order valence-electron chi connectivity index (χ2n) is 0.408. The van der Waals surface area contributed by atoms with Crippen LogP contribution in [0.15, 0.2) is 0 Å². The molecule has 0 saturated heterocycles. The molecular formula is C3H12P2. The lowest BCUT2D eigenvalue weighted by Crippen LogP contribution is -1.33. The van der Waals surface area contributed by atoms with Gasteiger partial charge in [0, 0.05) is 0 Å². The van der Waals surface area contributed by atoms with Gasteiger partial charge in [-0.3, -0.25) is 0 Å². The predicted octanol–water partition coefficient (Wildman–Crippen LogP) is 1.37. The van der Waals surface area contributed by atoms with E-state index in [0.29, 0.717) is 0 Å². The Morgan fingerprint density at radius 2 is 1.40 bits per heavy atom. The Morgan fingerprint density at radius 3 is 1.40 bits per heavy atom. The second kappa shape index (κ2) is 20.9. The average Bonchev–Trinajstić information content (AvgIpc) is 1.46. The van der Waals surface area contributed by atoms with Crippen LogP contribution < -0.4 is 0 Å². The normalized spacial score (nSPS) is 4.80. The maximum absolute atomic E-state index is 2.58. The van der Waals surface area contributed by atoms with Gasteiger partial charge in [-0.25, -0.2) is 0 Å². The van der Waals surface area contributed by atoms with Crippen molar-refractivity contribution in [2.45, 2.75) is 6.92 Å². The molecule has 34 valence electrons. The molecule has 0 spiro atoms. The first-order chi connectivity index (χ1) is 2.41. The van der Waals surface area contributed by atoms with Gasteiger partial charge in [-0.15, -0.1) is 18.5 Å². The maximum atomic E-state index is 2.58. The Kier molecular flexibility index (Phi) is 38.9. The van der Waals surface area contributed by atoms with E-state index in [1.54, 1.807) is 0 Å². The summed E-state index contributed by atoms with van der Waals surface area (Å²) in [6.07, 6.45) is 1.17. The van der Waals surface area contributed by atoms with Crippen LogP contribution in [0.3, 0.4) is 0 Å². The average molecular weight is 110 g/mol. The molecular weight excluding hydrogens is 98.0 g/mol. The third kappa shape index (κ3) is 53.7. The zero-order chi connectivity index (χ0) is 4.71. The molecule has 0 aromatic rings. The summed E-state index contributed by atoms with van der Waals surface area (Å²) in [6.45, 7) is 4.00. The van der Waals surface area contributed by atoms with E-state index in [-0.39, 0.29) is 0 Å². The first kappa shape index (κ1) is 9.29. The van der Waals surface area contributed by atoms with Gasteiger partial charge in [0.05, 0.1) is 0 Å². The van der Waals surface area contributed by atoms with Crippen LogP contribution >= 0.6 is 18.5 Å². The minimum Gasteiger partial charge on any atom is -0.141 e. The van der Waals surface area contributed by atoms with Crippen molar-refractivity contribution >= 4 is 18.5 Å². The lowest BCUT2D eigenvalue weighted by molar-refractivity contribution is 1.53. The molecule has 0 nitrogen and oxygen atoms in total. The molecule has 0 rings (SSSR count). The van der Waals surface area contributed by atoms with Gasteiger partial charge in [0.25, 0.3) is 0 Å². The van der Waals surface area contributed by atoms with E-state index >= 15 is 0 Å². The van der Waals surface area contributed by atoms with Crippen LogP contribution in [-0.2, 0) is 0 Å². The predicted molar refractivity (Wildman–Crippen MR) is 35.9 cm³/mol. The third-order valence-electron chi connectivity index (χ3n) is 0. The topological polar surface area (TPSA) is 0 Å². The van der Waals surface area contributed by atoms with Crippen LogP contribution in [0.1, 0.15) is 6.92 Å². The van der Waals surface area contributed by atoms with Crippen LogP contribution in [0.25, 0.3) is 0 Å². The lowest BCUT2D eigenvalue weighted by atomic mass is 11.0. The van der Waals surface area contributed by atoms with Gasteiger partial charge < -0.3 is 0 Å². The summed E-state index contributed by atoms with van der Waals surface area (Å²) in [5.41, 5.74) is 0. The van der Waals surface area contributed by atoms with Crippen molar-refractivity contribution in [3.8, 4) is 0 Å². The van der Waals surface area contributed by atoms with Crippen LogP contribution in [0.2, 0.25) is 0 Å². The second-order valence-corrected chi connectivity index (χ2v) is 1.22. The highest BCUT2D eigenvalue weighted by atomic mass is 31.0. The number of hydrogen-bond donors (Lipinski definition) is 0. The molecule has 0 aliphatic heterocycles. The summed E-state index contributed by atoms with van der Waals surface area (Å²) in [5, 5.41) is 0. The van der Waals surface area contributed by atoms with Gasteiger partial charge >= 0.3 is 0 Å². The van der Waals surface area contributed by atoms with Crippen molar-refractivity contribution in [1.29, 1.82) is 0 Å². The minimum absolute atomic E-state index is 1.17. The molecule has 2 heteroatoms. The SMILES string of the molecule is CCP.CP. The van der Waals surface area contributed by atoms with Gasteiger partial charge in [-0.2, -0.15) is 0 Å². The molecule has 2 unspecified atom stereocenters. The fraction of sp³-hybridized carbons (Fsp3) is 1.00. The Hall–Kier alpha value is 0.860. The molecule has 0 aromatic carbocycles. The van der Waals surface area contributed by atoms with Crippen molar-refractivity contribution in [3.63, 3.8) is 0 Å². The quantitative estimate of drug-likeness (QED) is 0.413. The van der Waals surface area contributed by atoms with E-state index in [9.17, 15) is 0 Å². The smallest absolute Gasteiger partial charge is 0.0410 e. The molecule has 0 fully saturated rings. The fourth-order valence-corrected chi connectivity index (χ4v) is 0. The molecule has 0 bridgehead atoms. The van der Waals surface area contributed by atoms with Crippen LogP contribution in [0.5, 0.6) is 0 Å². The molecule has 0 aliphatic carbocycles. The standard InChI is InChI=1S/C2H7P.CH5P/c1-2-3;1-2/h2-3H2,1H3;2H2,1H3. The molecule has 0 heterocycles. The lowest BCUT2D eigenvalue weighted by Gasteiger charge is -1.48. The molecule has 0 amide bonds. The Balaban J connectivity index is 0. The van der Waals surface area contributed by atoms with E-state index < -0.39 is 0 Å². The summed E-state index contributed by atoms with van der Waals surface area (Å²) in [5.74, 6) is 0. The Morgan fingerprint density at radius 1 is 1.40 bits per heavy atom. The van der Waals surface area contributed by atoms with Crippen molar-refractivity contribution in [2.75, 3.05) is 12.8 Å². The molecule has 0 saturated carbocycles. The van der Waals surface area contributed by atoms with Gasteiger partial charge in [0.1, 0.15) is 0 Å². The monoisotopic (exact) mass is 110 g/mol. The number of hydrogen-bond acceptors (Lipinski definition) is 0. The van der Waals surface area contributed by atoms with Crippen LogP contribution in [0, 0.1) is 0 Å². The van der Waals surface area contributed by atoms with E-state index in [1.807, 2.05) is 6.66 Å². The Labute approximate surface area is 39.1 Å². The van der Waals surface area contributed by atoms with Gasteiger partial charge in [0.15, 0.2) is 0 Å². The van der Waals surface area contributed by atoms with Crippen LogP contribution in [-0.4, -0.2) is 12.8 Å². The summed E-state index contributed by atoms with van der Waals surface area (Å²) < 4.78 is 0.